The first kappa shape index (κ1) is 18.9. The number of anilines is 1. The van der Waals surface area contributed by atoms with Gasteiger partial charge in [-0.25, -0.2) is 4.98 Å². The van der Waals surface area contributed by atoms with Crippen LogP contribution in [0.3, 0.4) is 0 Å². The maximum atomic E-state index is 12.2. The first-order valence-corrected chi connectivity index (χ1v) is 9.85. The summed E-state index contributed by atoms with van der Waals surface area (Å²) < 4.78 is 0. The molecule has 2 aromatic carbocycles. The lowest BCUT2D eigenvalue weighted by molar-refractivity contribution is -0.113. The van der Waals surface area contributed by atoms with Crippen LogP contribution in [0, 0.1) is 0 Å². The van der Waals surface area contributed by atoms with Crippen LogP contribution in [-0.4, -0.2) is 56.7 Å². The highest BCUT2D eigenvalue weighted by Crippen LogP contribution is 2.23. The Kier molecular flexibility index (Phi) is 5.13. The number of carbonyl (C=O) groups is 2. The standard InChI is InChI=1S/C20H18N6O2S/c1-26(2)19(28)12-7-9-13(10-8-12)21-16(27)11-29-20-23-18-17(24-25-20)14-5-3-4-6-15(14)22-18/h3-10H,11H2,1-2H3,(H,21,27)(H,22,23,25). The molecule has 2 N–H and O–H groups in total. The fourth-order valence-corrected chi connectivity index (χ4v) is 3.44. The summed E-state index contributed by atoms with van der Waals surface area (Å²) in [5.74, 6) is -0.135. The van der Waals surface area contributed by atoms with Crippen molar-refractivity contribution in [1.29, 1.82) is 0 Å². The van der Waals surface area contributed by atoms with Crippen molar-refractivity contribution in [2.75, 3.05) is 25.2 Å². The molecule has 2 amide bonds. The summed E-state index contributed by atoms with van der Waals surface area (Å²) >= 11 is 1.21. The molecule has 0 aliphatic heterocycles. The van der Waals surface area contributed by atoms with E-state index in [4.69, 9.17) is 0 Å². The molecule has 0 unspecified atom stereocenters. The van der Waals surface area contributed by atoms with E-state index in [0.29, 0.717) is 27.6 Å². The summed E-state index contributed by atoms with van der Waals surface area (Å²) in [6.07, 6.45) is 0. The van der Waals surface area contributed by atoms with E-state index in [1.165, 1.54) is 16.7 Å². The van der Waals surface area contributed by atoms with Gasteiger partial charge in [-0.1, -0.05) is 30.0 Å². The van der Waals surface area contributed by atoms with E-state index in [1.54, 1.807) is 38.4 Å². The van der Waals surface area contributed by atoms with Gasteiger partial charge in [-0.05, 0) is 30.3 Å². The highest BCUT2D eigenvalue weighted by atomic mass is 32.2. The Morgan fingerprint density at radius 2 is 1.83 bits per heavy atom. The number of thioether (sulfide) groups is 1. The molecule has 0 radical (unpaired) electrons. The van der Waals surface area contributed by atoms with Gasteiger partial charge in [-0.3, -0.25) is 9.59 Å². The molecule has 0 fully saturated rings. The Hall–Kier alpha value is -3.46. The Morgan fingerprint density at radius 3 is 2.59 bits per heavy atom. The van der Waals surface area contributed by atoms with Gasteiger partial charge in [0, 0.05) is 36.2 Å². The van der Waals surface area contributed by atoms with Gasteiger partial charge in [0.1, 0.15) is 5.52 Å². The monoisotopic (exact) mass is 406 g/mol. The van der Waals surface area contributed by atoms with E-state index in [9.17, 15) is 9.59 Å². The van der Waals surface area contributed by atoms with Crippen molar-refractivity contribution in [3.8, 4) is 0 Å². The largest absolute Gasteiger partial charge is 0.345 e. The quantitative estimate of drug-likeness (QED) is 0.494. The van der Waals surface area contributed by atoms with Gasteiger partial charge in [0.05, 0.1) is 5.75 Å². The van der Waals surface area contributed by atoms with Crippen LogP contribution >= 0.6 is 11.8 Å². The number of hydrogen-bond acceptors (Lipinski definition) is 6. The van der Waals surface area contributed by atoms with E-state index >= 15 is 0 Å². The molecule has 2 aromatic heterocycles. The predicted molar refractivity (Wildman–Crippen MR) is 113 cm³/mol. The summed E-state index contributed by atoms with van der Waals surface area (Å²) in [6, 6.07) is 14.6. The molecule has 2 heterocycles. The number of hydrogen-bond donors (Lipinski definition) is 2. The molecule has 0 atom stereocenters. The number of H-pyrrole nitrogens is 1. The molecule has 0 saturated heterocycles. The van der Waals surface area contributed by atoms with Crippen molar-refractivity contribution in [3.63, 3.8) is 0 Å². The topological polar surface area (TPSA) is 104 Å². The van der Waals surface area contributed by atoms with Gasteiger partial charge in [-0.15, -0.1) is 10.2 Å². The van der Waals surface area contributed by atoms with Crippen molar-refractivity contribution >= 4 is 51.3 Å². The highest BCUT2D eigenvalue weighted by Gasteiger charge is 2.12. The Labute approximate surface area is 170 Å². The molecule has 4 rings (SSSR count). The van der Waals surface area contributed by atoms with Gasteiger partial charge in [0.15, 0.2) is 5.65 Å². The molecule has 146 valence electrons. The second kappa shape index (κ2) is 7.88. The molecule has 0 aliphatic carbocycles. The molecule has 9 heteroatoms. The van der Waals surface area contributed by atoms with Crippen LogP contribution in [0.2, 0.25) is 0 Å². The molecule has 4 aromatic rings. The Bertz CT molecular complexity index is 1200. The smallest absolute Gasteiger partial charge is 0.253 e. The zero-order valence-electron chi connectivity index (χ0n) is 15.8. The van der Waals surface area contributed by atoms with Gasteiger partial charge >= 0.3 is 0 Å². The van der Waals surface area contributed by atoms with Gasteiger partial charge in [-0.2, -0.15) is 0 Å². The number of nitrogens with one attached hydrogen (secondary N) is 2. The number of nitrogens with zero attached hydrogens (tertiary/aromatic N) is 4. The molecular formula is C20H18N6O2S. The van der Waals surface area contributed by atoms with Gasteiger partial charge in [0.25, 0.3) is 5.91 Å². The van der Waals surface area contributed by atoms with Crippen LogP contribution in [0.1, 0.15) is 10.4 Å². The Balaban J connectivity index is 1.39. The third-order valence-electron chi connectivity index (χ3n) is 4.26. The van der Waals surface area contributed by atoms with Crippen LogP contribution in [0.5, 0.6) is 0 Å². The van der Waals surface area contributed by atoms with Crippen molar-refractivity contribution in [2.24, 2.45) is 0 Å². The van der Waals surface area contributed by atoms with Crippen LogP contribution < -0.4 is 5.32 Å². The van der Waals surface area contributed by atoms with E-state index in [2.05, 4.69) is 25.5 Å². The number of aromatic nitrogens is 4. The van der Waals surface area contributed by atoms with E-state index in [1.807, 2.05) is 24.3 Å². The lowest BCUT2D eigenvalue weighted by atomic mass is 10.2. The maximum Gasteiger partial charge on any atom is 0.253 e. The summed E-state index contributed by atoms with van der Waals surface area (Å²) in [6.45, 7) is 0. The molecule has 0 saturated carbocycles. The first-order valence-electron chi connectivity index (χ1n) is 8.87. The van der Waals surface area contributed by atoms with E-state index in [-0.39, 0.29) is 17.6 Å². The minimum atomic E-state index is -0.193. The van der Waals surface area contributed by atoms with Crippen LogP contribution in [0.25, 0.3) is 22.1 Å². The van der Waals surface area contributed by atoms with Crippen molar-refractivity contribution in [2.45, 2.75) is 5.16 Å². The maximum absolute atomic E-state index is 12.2. The first-order chi connectivity index (χ1) is 14.0. The average Bonchev–Trinajstić information content (AvgIpc) is 3.10. The molecule has 0 bridgehead atoms. The fraction of sp³-hybridized carbons (Fsp3) is 0.150. The lowest BCUT2D eigenvalue weighted by Crippen LogP contribution is -2.21. The SMILES string of the molecule is CN(C)C(=O)c1ccc(NC(=O)CSc2nnc3c(n2)[nH]c2ccccc23)cc1. The van der Waals surface area contributed by atoms with Gasteiger partial charge < -0.3 is 15.2 Å². The predicted octanol–water partition coefficient (Wildman–Crippen LogP) is 2.94. The average molecular weight is 406 g/mol. The highest BCUT2D eigenvalue weighted by molar-refractivity contribution is 7.99. The number of fused-ring (bicyclic) bond motifs is 3. The molecule has 29 heavy (non-hydrogen) atoms. The fourth-order valence-electron chi connectivity index (χ4n) is 2.85. The van der Waals surface area contributed by atoms with Crippen LogP contribution in [0.15, 0.2) is 53.7 Å². The van der Waals surface area contributed by atoms with Crippen LogP contribution in [-0.2, 0) is 4.79 Å². The van der Waals surface area contributed by atoms with E-state index in [0.717, 1.165) is 10.9 Å². The molecule has 8 nitrogen and oxygen atoms in total. The minimum absolute atomic E-state index is 0.0875. The molecule has 0 spiro atoms. The lowest BCUT2D eigenvalue weighted by Gasteiger charge is -2.10. The molecular weight excluding hydrogens is 388 g/mol. The summed E-state index contributed by atoms with van der Waals surface area (Å²) in [4.78, 5) is 33.3. The Morgan fingerprint density at radius 1 is 1.07 bits per heavy atom. The number of carbonyl (C=O) groups excluding carboxylic acids is 2. The number of aromatic amines is 1. The normalized spacial score (nSPS) is 11.0. The number of rotatable bonds is 5. The summed E-state index contributed by atoms with van der Waals surface area (Å²) in [7, 11) is 3.39. The number of para-hydroxylation sites is 1. The summed E-state index contributed by atoms with van der Waals surface area (Å²) in [5, 5.41) is 12.5. The minimum Gasteiger partial charge on any atom is -0.345 e. The third-order valence-corrected chi connectivity index (χ3v) is 5.09. The van der Waals surface area contributed by atoms with Crippen molar-refractivity contribution in [3.05, 3.63) is 54.1 Å². The zero-order valence-corrected chi connectivity index (χ0v) is 16.7. The second-order valence-electron chi connectivity index (χ2n) is 6.58. The van der Waals surface area contributed by atoms with Crippen molar-refractivity contribution < 1.29 is 9.59 Å². The van der Waals surface area contributed by atoms with E-state index < -0.39 is 0 Å². The van der Waals surface area contributed by atoms with Gasteiger partial charge in [0.2, 0.25) is 11.1 Å². The van der Waals surface area contributed by atoms with Crippen LogP contribution in [0.4, 0.5) is 5.69 Å². The zero-order chi connectivity index (χ0) is 20.4. The summed E-state index contributed by atoms with van der Waals surface area (Å²) in [5.41, 5.74) is 3.48. The molecule has 0 aliphatic rings. The third kappa shape index (κ3) is 4.04. The number of amides is 2. The second-order valence-corrected chi connectivity index (χ2v) is 7.52. The van der Waals surface area contributed by atoms with Crippen molar-refractivity contribution in [1.82, 2.24) is 25.1 Å². The number of benzene rings is 2.